The molecule has 0 aliphatic carbocycles. The van der Waals surface area contributed by atoms with Crippen molar-refractivity contribution >= 4 is 53.1 Å². The molecule has 2 aromatic rings. The summed E-state index contributed by atoms with van der Waals surface area (Å²) in [5, 5.41) is 11.8. The number of rotatable bonds is 15. The summed E-state index contributed by atoms with van der Waals surface area (Å²) in [4.78, 5) is 17.0. The van der Waals surface area contributed by atoms with Gasteiger partial charge < -0.3 is 9.84 Å². The van der Waals surface area contributed by atoms with E-state index in [0.29, 0.717) is 6.54 Å². The van der Waals surface area contributed by atoms with E-state index < -0.39 is 11.0 Å². The average molecular weight is 609 g/mol. The summed E-state index contributed by atoms with van der Waals surface area (Å²) in [7, 11) is 0. The van der Waals surface area contributed by atoms with Gasteiger partial charge in [0, 0.05) is 47.9 Å². The van der Waals surface area contributed by atoms with Crippen LogP contribution in [0.5, 0.6) is 0 Å². The number of benzene rings is 2. The second kappa shape index (κ2) is 17.8. The van der Waals surface area contributed by atoms with Crippen LogP contribution in [0, 0.1) is 0 Å². The van der Waals surface area contributed by atoms with Gasteiger partial charge in [0.05, 0.1) is 5.37 Å². The summed E-state index contributed by atoms with van der Waals surface area (Å²) in [6.45, 7) is 8.02. The molecule has 0 spiro atoms. The Bertz CT molecular complexity index is 946. The molecule has 1 heterocycles. The number of piperidine rings is 1. The van der Waals surface area contributed by atoms with E-state index >= 15 is 0 Å². The summed E-state index contributed by atoms with van der Waals surface area (Å²) >= 11 is 7.24. The quantitative estimate of drug-likeness (QED) is 0.164. The Kier molecular flexibility index (Phi) is 14.8. The van der Waals surface area contributed by atoms with E-state index in [1.807, 2.05) is 73.1 Å². The highest BCUT2D eigenvalue weighted by atomic mass is 32.2. The third-order valence-corrected chi connectivity index (χ3v) is 10.9. The highest BCUT2D eigenvalue weighted by Gasteiger charge is 2.30. The number of carbonyl (C=O) groups is 1. The van der Waals surface area contributed by atoms with Gasteiger partial charge in [-0.25, -0.2) is 4.79 Å². The highest BCUT2D eigenvalue weighted by molar-refractivity contribution is 8.15. The van der Waals surface area contributed by atoms with Crippen molar-refractivity contribution in [3.8, 4) is 0 Å². The molecule has 0 bridgehead atoms. The smallest absolute Gasteiger partial charge is 0.411 e. The lowest BCUT2D eigenvalue weighted by atomic mass is 10.1. The topological polar surface area (TPSA) is 53.0 Å². The van der Waals surface area contributed by atoms with Gasteiger partial charge in [-0.05, 0) is 51.2 Å². The van der Waals surface area contributed by atoms with Gasteiger partial charge in [-0.15, -0.1) is 47.0 Å². The molecule has 3 rings (SSSR count). The van der Waals surface area contributed by atoms with Crippen LogP contribution in [0.2, 0.25) is 0 Å². The number of carbonyl (C=O) groups excluding carboxylic acids is 1. The number of amides is 1. The molecule has 5 nitrogen and oxygen atoms in total. The lowest BCUT2D eigenvalue weighted by Crippen LogP contribution is -2.44. The lowest BCUT2D eigenvalue weighted by Gasteiger charge is -2.36. The zero-order chi connectivity index (χ0) is 27.9. The van der Waals surface area contributed by atoms with Gasteiger partial charge in [-0.1, -0.05) is 60.7 Å². The van der Waals surface area contributed by atoms with Crippen LogP contribution in [0.25, 0.3) is 0 Å². The SMILES string of the molecule is CC(C)(C)OC(=O)N1CCCCC1SCCSCN(Cc1ccccc1)CC(O)SCSCc1ccccc1. The maximum Gasteiger partial charge on any atom is 0.411 e. The molecule has 2 aromatic carbocycles. The summed E-state index contributed by atoms with van der Waals surface area (Å²) in [6, 6.07) is 21.0. The number of aliphatic hydroxyl groups is 1. The number of ether oxygens (including phenoxy) is 1. The first-order valence-corrected chi connectivity index (χ1v) is 18.1. The summed E-state index contributed by atoms with van der Waals surface area (Å²) in [6.07, 6.45) is 3.05. The predicted molar refractivity (Wildman–Crippen MR) is 173 cm³/mol. The second-order valence-electron chi connectivity index (χ2n) is 10.6. The minimum atomic E-state index is -0.467. The molecule has 1 aliphatic heterocycles. The zero-order valence-corrected chi connectivity index (χ0v) is 26.8. The Morgan fingerprint density at radius 1 is 1.03 bits per heavy atom. The van der Waals surface area contributed by atoms with Crippen molar-refractivity contribution in [3.05, 3.63) is 71.8 Å². The summed E-state index contributed by atoms with van der Waals surface area (Å²) in [5.41, 5.74) is 1.69. The predicted octanol–water partition coefficient (Wildman–Crippen LogP) is 7.60. The summed E-state index contributed by atoms with van der Waals surface area (Å²) < 4.78 is 5.65. The van der Waals surface area contributed by atoms with Crippen LogP contribution in [0.4, 0.5) is 4.79 Å². The average Bonchev–Trinajstić information content (AvgIpc) is 2.91. The minimum absolute atomic E-state index is 0.185. The fraction of sp³-hybridized carbons (Fsp3) is 0.567. The minimum Gasteiger partial charge on any atom is -0.444 e. The number of hydrogen-bond donors (Lipinski definition) is 1. The molecule has 0 aromatic heterocycles. The van der Waals surface area contributed by atoms with Gasteiger partial charge in [-0.3, -0.25) is 9.80 Å². The van der Waals surface area contributed by atoms with Crippen molar-refractivity contribution in [2.45, 2.75) is 68.7 Å². The number of thioether (sulfide) groups is 4. The van der Waals surface area contributed by atoms with E-state index in [9.17, 15) is 9.90 Å². The van der Waals surface area contributed by atoms with Crippen LogP contribution in [-0.4, -0.2) is 73.0 Å². The van der Waals surface area contributed by atoms with E-state index in [0.717, 1.165) is 60.6 Å². The van der Waals surface area contributed by atoms with Crippen LogP contribution in [-0.2, 0) is 17.0 Å². The van der Waals surface area contributed by atoms with Crippen LogP contribution < -0.4 is 0 Å². The number of aliphatic hydroxyl groups excluding tert-OH is 1. The molecule has 9 heteroatoms. The first kappa shape index (κ1) is 32.5. The second-order valence-corrected chi connectivity index (χ2v) is 15.5. The Morgan fingerprint density at radius 3 is 2.41 bits per heavy atom. The molecule has 2 unspecified atom stereocenters. The van der Waals surface area contributed by atoms with Crippen molar-refractivity contribution in [1.82, 2.24) is 9.80 Å². The maximum atomic E-state index is 12.7. The molecular weight excluding hydrogens is 565 g/mol. The first-order chi connectivity index (χ1) is 18.8. The van der Waals surface area contributed by atoms with Crippen LogP contribution in [0.15, 0.2) is 60.7 Å². The van der Waals surface area contributed by atoms with E-state index in [4.69, 9.17) is 4.74 Å². The van der Waals surface area contributed by atoms with Crippen LogP contribution in [0.1, 0.15) is 51.2 Å². The van der Waals surface area contributed by atoms with Crippen molar-refractivity contribution in [2.75, 3.05) is 35.6 Å². The van der Waals surface area contributed by atoms with E-state index in [2.05, 4.69) is 53.4 Å². The van der Waals surface area contributed by atoms with E-state index in [-0.39, 0.29) is 11.5 Å². The third-order valence-electron chi connectivity index (χ3n) is 6.01. The molecular formula is C30H44N2O3S4. The molecule has 1 saturated heterocycles. The number of hydrogen-bond acceptors (Lipinski definition) is 8. The monoisotopic (exact) mass is 608 g/mol. The van der Waals surface area contributed by atoms with Crippen LogP contribution >= 0.6 is 47.0 Å². The molecule has 1 N–H and O–H groups in total. The molecule has 0 saturated carbocycles. The molecule has 2 atom stereocenters. The van der Waals surface area contributed by atoms with Crippen molar-refractivity contribution in [1.29, 1.82) is 0 Å². The third kappa shape index (κ3) is 13.5. The molecule has 1 fully saturated rings. The molecule has 216 valence electrons. The van der Waals surface area contributed by atoms with Gasteiger partial charge in [0.25, 0.3) is 0 Å². The normalized spacial score (nSPS) is 16.8. The molecule has 0 radical (unpaired) electrons. The van der Waals surface area contributed by atoms with Crippen molar-refractivity contribution in [3.63, 3.8) is 0 Å². The zero-order valence-electron chi connectivity index (χ0n) is 23.5. The molecule has 1 aliphatic rings. The van der Waals surface area contributed by atoms with E-state index in [1.165, 1.54) is 11.1 Å². The van der Waals surface area contributed by atoms with Gasteiger partial charge >= 0.3 is 6.09 Å². The van der Waals surface area contributed by atoms with Crippen LogP contribution in [0.3, 0.4) is 0 Å². The Labute approximate surface area is 252 Å². The lowest BCUT2D eigenvalue weighted by molar-refractivity contribution is 0.0186. The summed E-state index contributed by atoms with van der Waals surface area (Å²) in [5.74, 6) is 3.82. The maximum absolute atomic E-state index is 12.7. The van der Waals surface area contributed by atoms with Gasteiger partial charge in [-0.2, -0.15) is 0 Å². The highest BCUT2D eigenvalue weighted by Crippen LogP contribution is 2.29. The van der Waals surface area contributed by atoms with Gasteiger partial charge in [0.1, 0.15) is 11.0 Å². The first-order valence-electron chi connectivity index (χ1n) is 13.7. The molecule has 39 heavy (non-hydrogen) atoms. The van der Waals surface area contributed by atoms with E-state index in [1.54, 1.807) is 11.8 Å². The number of nitrogens with zero attached hydrogens (tertiary/aromatic N) is 2. The Morgan fingerprint density at radius 2 is 1.72 bits per heavy atom. The standard InChI is InChI=1S/C30H44N2O3S4/c1-30(2,3)35-29(34)32-17-11-10-16-27(32)38-19-18-36-23-31(20-25-12-6-4-7-13-25)21-28(33)39-24-37-22-26-14-8-5-9-15-26/h4-9,12-15,27-28,33H,10-11,16-24H2,1-3H3. The molecule has 1 amide bonds. The van der Waals surface area contributed by atoms with Crippen molar-refractivity contribution in [2.24, 2.45) is 0 Å². The Balaban J connectivity index is 1.41. The largest absolute Gasteiger partial charge is 0.444 e. The fourth-order valence-electron chi connectivity index (χ4n) is 4.18. The van der Waals surface area contributed by atoms with Gasteiger partial charge in [0.2, 0.25) is 0 Å². The fourth-order valence-corrected chi connectivity index (χ4v) is 8.69. The van der Waals surface area contributed by atoms with Crippen molar-refractivity contribution < 1.29 is 14.6 Å². The Hall–Kier alpha value is -0.970. The number of likely N-dealkylation sites (tertiary alicyclic amines) is 1. The van der Waals surface area contributed by atoms with Gasteiger partial charge in [0.15, 0.2) is 0 Å².